The molecule has 1 aliphatic rings. The number of likely N-dealkylation sites (N-methyl/N-ethyl adjacent to an activating group) is 1. The molecule has 1 fully saturated rings. The van der Waals surface area contributed by atoms with Crippen LogP contribution in [0.15, 0.2) is 48.5 Å². The van der Waals surface area contributed by atoms with Gasteiger partial charge >= 0.3 is 0 Å². The summed E-state index contributed by atoms with van der Waals surface area (Å²) in [5, 5.41) is 2.68. The maximum Gasteiger partial charge on any atom is 0.162 e. The molecule has 0 bridgehead atoms. The van der Waals surface area contributed by atoms with Crippen molar-refractivity contribution in [3.63, 3.8) is 0 Å². The van der Waals surface area contributed by atoms with Crippen LogP contribution in [0.25, 0.3) is 33.1 Å². The highest BCUT2D eigenvalue weighted by atomic mass is 35.5. The van der Waals surface area contributed by atoms with Crippen LogP contribution in [0.4, 0.5) is 5.82 Å². The Morgan fingerprint density at radius 2 is 1.50 bits per heavy atom. The molecular formula is C25H25ClN4O2. The Hall–Kier alpha value is -3.09. The van der Waals surface area contributed by atoms with Crippen molar-refractivity contribution < 1.29 is 9.47 Å². The lowest BCUT2D eigenvalue weighted by Crippen LogP contribution is -2.45. The van der Waals surface area contributed by atoms with Crippen molar-refractivity contribution in [1.29, 1.82) is 0 Å². The molecule has 0 radical (unpaired) electrons. The van der Waals surface area contributed by atoms with Crippen LogP contribution in [0.3, 0.4) is 0 Å². The summed E-state index contributed by atoms with van der Waals surface area (Å²) in [4.78, 5) is 14.6. The first kappa shape index (κ1) is 20.8. The average Bonchev–Trinajstić information content (AvgIpc) is 2.82. The second kappa shape index (κ2) is 8.45. The van der Waals surface area contributed by atoms with Crippen molar-refractivity contribution in [2.75, 3.05) is 52.3 Å². The molecule has 0 unspecified atom stereocenters. The number of aromatic nitrogens is 2. The minimum absolute atomic E-state index is 0.656. The molecule has 1 saturated heterocycles. The zero-order valence-corrected chi connectivity index (χ0v) is 19.2. The number of rotatable bonds is 4. The van der Waals surface area contributed by atoms with Crippen LogP contribution in [0.5, 0.6) is 11.5 Å². The molecule has 0 saturated carbocycles. The van der Waals surface area contributed by atoms with Crippen molar-refractivity contribution in [1.82, 2.24) is 14.9 Å². The molecule has 164 valence electrons. The summed E-state index contributed by atoms with van der Waals surface area (Å²) in [6.45, 7) is 3.85. The van der Waals surface area contributed by atoms with E-state index in [9.17, 15) is 0 Å². The van der Waals surface area contributed by atoms with Gasteiger partial charge in [-0.3, -0.25) is 0 Å². The third kappa shape index (κ3) is 3.80. The highest BCUT2D eigenvalue weighted by Crippen LogP contribution is 2.36. The fourth-order valence-electron chi connectivity index (χ4n) is 4.18. The molecule has 6 nitrogen and oxygen atoms in total. The minimum Gasteiger partial charge on any atom is -0.493 e. The summed E-state index contributed by atoms with van der Waals surface area (Å²) < 4.78 is 10.9. The first-order valence-corrected chi connectivity index (χ1v) is 11.0. The number of ether oxygens (including phenoxy) is 2. The van der Waals surface area contributed by atoms with E-state index in [1.54, 1.807) is 14.2 Å². The number of hydrogen-bond acceptors (Lipinski definition) is 6. The second-order valence-corrected chi connectivity index (χ2v) is 8.53. The highest BCUT2D eigenvalue weighted by Gasteiger charge is 2.21. The van der Waals surface area contributed by atoms with Gasteiger partial charge in [0.05, 0.1) is 19.7 Å². The Morgan fingerprint density at radius 1 is 0.812 bits per heavy atom. The smallest absolute Gasteiger partial charge is 0.162 e. The summed E-state index contributed by atoms with van der Waals surface area (Å²) in [5.74, 6) is 2.30. The molecule has 0 aliphatic carbocycles. The summed E-state index contributed by atoms with van der Waals surface area (Å²) in [6.07, 6.45) is 0. The van der Waals surface area contributed by atoms with Gasteiger partial charge in [-0.2, -0.15) is 0 Å². The molecule has 7 heteroatoms. The Balaban J connectivity index is 1.72. The summed E-state index contributed by atoms with van der Waals surface area (Å²) in [7, 11) is 5.42. The molecule has 0 N–H and O–H groups in total. The van der Waals surface area contributed by atoms with Crippen molar-refractivity contribution in [2.24, 2.45) is 0 Å². The van der Waals surface area contributed by atoms with E-state index in [2.05, 4.69) is 29.0 Å². The number of pyridine rings is 2. The van der Waals surface area contributed by atoms with E-state index in [1.807, 2.05) is 36.4 Å². The van der Waals surface area contributed by atoms with Gasteiger partial charge in [-0.25, -0.2) is 9.97 Å². The first-order valence-electron chi connectivity index (χ1n) is 10.6. The van der Waals surface area contributed by atoms with Gasteiger partial charge in [-0.1, -0.05) is 23.7 Å². The van der Waals surface area contributed by atoms with Crippen LogP contribution in [0.1, 0.15) is 0 Å². The number of fused-ring (bicyclic) bond motifs is 2. The lowest BCUT2D eigenvalue weighted by atomic mass is 10.0. The SMILES string of the molecule is COc1cc2cc3cc(-c4ccc(Cl)cc4)c(N4CCN(C)CC4)nc3nc2cc1OC. The van der Waals surface area contributed by atoms with Gasteiger partial charge in [-0.05, 0) is 42.9 Å². The summed E-state index contributed by atoms with van der Waals surface area (Å²) in [5.41, 5.74) is 3.72. The lowest BCUT2D eigenvalue weighted by Gasteiger charge is -2.34. The van der Waals surface area contributed by atoms with Crippen molar-refractivity contribution in [3.05, 3.63) is 53.6 Å². The molecule has 1 aliphatic heterocycles. The van der Waals surface area contributed by atoms with Gasteiger partial charge in [0, 0.05) is 53.6 Å². The van der Waals surface area contributed by atoms with Crippen LogP contribution >= 0.6 is 11.6 Å². The van der Waals surface area contributed by atoms with Crippen LogP contribution in [-0.4, -0.2) is 62.3 Å². The van der Waals surface area contributed by atoms with E-state index >= 15 is 0 Å². The Kier molecular flexibility index (Phi) is 5.49. The largest absolute Gasteiger partial charge is 0.493 e. The first-order chi connectivity index (χ1) is 15.6. The van der Waals surface area contributed by atoms with Crippen LogP contribution in [0, 0.1) is 0 Å². The van der Waals surface area contributed by atoms with Crippen molar-refractivity contribution >= 4 is 39.4 Å². The van der Waals surface area contributed by atoms with Gasteiger partial charge in [0.2, 0.25) is 0 Å². The Morgan fingerprint density at radius 3 is 2.19 bits per heavy atom. The van der Waals surface area contributed by atoms with Gasteiger partial charge in [0.25, 0.3) is 0 Å². The Bertz CT molecular complexity index is 1290. The van der Waals surface area contributed by atoms with E-state index in [-0.39, 0.29) is 0 Å². The molecule has 2 aromatic heterocycles. The number of piperazine rings is 1. The van der Waals surface area contributed by atoms with E-state index in [0.29, 0.717) is 11.5 Å². The number of halogens is 1. The van der Waals surface area contributed by atoms with E-state index < -0.39 is 0 Å². The molecule has 3 heterocycles. The third-order valence-corrected chi connectivity index (χ3v) is 6.29. The molecule has 2 aromatic carbocycles. The maximum absolute atomic E-state index is 6.15. The summed E-state index contributed by atoms with van der Waals surface area (Å²) >= 11 is 6.15. The molecule has 0 atom stereocenters. The fourth-order valence-corrected chi connectivity index (χ4v) is 4.31. The van der Waals surface area contributed by atoms with E-state index in [4.69, 9.17) is 31.0 Å². The van der Waals surface area contributed by atoms with Crippen LogP contribution < -0.4 is 14.4 Å². The predicted octanol–water partition coefficient (Wildman–Crippen LogP) is 4.87. The van der Waals surface area contributed by atoms with Gasteiger partial charge in [0.15, 0.2) is 17.1 Å². The minimum atomic E-state index is 0.656. The Labute approximate surface area is 192 Å². The number of nitrogens with zero attached hydrogens (tertiary/aromatic N) is 4. The molecule has 5 rings (SSSR count). The predicted molar refractivity (Wildman–Crippen MR) is 130 cm³/mol. The number of anilines is 1. The average molecular weight is 449 g/mol. The quantitative estimate of drug-likeness (QED) is 0.415. The summed E-state index contributed by atoms with van der Waals surface area (Å²) in [6, 6.07) is 16.1. The van der Waals surface area contributed by atoms with Gasteiger partial charge in [0.1, 0.15) is 5.82 Å². The van der Waals surface area contributed by atoms with Gasteiger partial charge < -0.3 is 19.3 Å². The zero-order chi connectivity index (χ0) is 22.2. The van der Waals surface area contributed by atoms with E-state index in [1.165, 1.54) is 0 Å². The number of benzene rings is 2. The molecule has 32 heavy (non-hydrogen) atoms. The second-order valence-electron chi connectivity index (χ2n) is 8.09. The molecule has 0 spiro atoms. The monoisotopic (exact) mass is 448 g/mol. The number of hydrogen-bond donors (Lipinski definition) is 0. The van der Waals surface area contributed by atoms with E-state index in [0.717, 1.165) is 70.1 Å². The zero-order valence-electron chi connectivity index (χ0n) is 18.4. The highest BCUT2D eigenvalue weighted by molar-refractivity contribution is 6.30. The van der Waals surface area contributed by atoms with Crippen LogP contribution in [-0.2, 0) is 0 Å². The van der Waals surface area contributed by atoms with Crippen LogP contribution in [0.2, 0.25) is 5.02 Å². The molecular weight excluding hydrogens is 424 g/mol. The van der Waals surface area contributed by atoms with Gasteiger partial charge in [-0.15, -0.1) is 0 Å². The maximum atomic E-state index is 6.15. The third-order valence-electron chi connectivity index (χ3n) is 6.04. The molecule has 4 aromatic rings. The fraction of sp³-hybridized carbons (Fsp3) is 0.280. The van der Waals surface area contributed by atoms with Crippen molar-refractivity contribution in [2.45, 2.75) is 0 Å². The molecule has 0 amide bonds. The normalized spacial score (nSPS) is 14.8. The topological polar surface area (TPSA) is 50.7 Å². The number of methoxy groups -OCH3 is 2. The van der Waals surface area contributed by atoms with Crippen molar-refractivity contribution in [3.8, 4) is 22.6 Å². The lowest BCUT2D eigenvalue weighted by molar-refractivity contribution is 0.312. The standard InChI is InChI=1S/C25H25ClN4O2/c1-29-8-10-30(11-9-29)25-20(16-4-6-19(26)7-5-16)13-18-12-17-14-22(31-2)23(32-3)15-21(17)27-24(18)28-25/h4-7,12-15H,8-11H2,1-3H3.